The Morgan fingerprint density at radius 1 is 1.06 bits per heavy atom. The van der Waals surface area contributed by atoms with Gasteiger partial charge in [0.15, 0.2) is 0 Å². The molecule has 0 amide bonds. The molecule has 0 radical (unpaired) electrons. The van der Waals surface area contributed by atoms with Crippen LogP contribution in [-0.4, -0.2) is 30.1 Å². The summed E-state index contributed by atoms with van der Waals surface area (Å²) in [7, 11) is 0. The molecule has 7 nitrogen and oxygen atoms in total. The maximum absolute atomic E-state index is 4.96. The van der Waals surface area contributed by atoms with Gasteiger partial charge in [-0.1, -0.05) is 26.0 Å². The highest BCUT2D eigenvalue weighted by atomic mass is 32.1. The summed E-state index contributed by atoms with van der Waals surface area (Å²) in [5.74, 6) is 0. The number of rotatable bonds is 7. The zero-order valence-electron chi connectivity index (χ0n) is 19.2. The number of aromatic amines is 2. The lowest BCUT2D eigenvalue weighted by molar-refractivity contribution is 0.913. The lowest BCUT2D eigenvalue weighted by Crippen LogP contribution is -1.98. The number of anilines is 1. The van der Waals surface area contributed by atoms with Gasteiger partial charge >= 0.3 is 0 Å². The fourth-order valence-corrected chi connectivity index (χ4v) is 5.02. The first-order chi connectivity index (χ1) is 17.2. The van der Waals surface area contributed by atoms with E-state index in [-0.39, 0.29) is 0 Å². The van der Waals surface area contributed by atoms with E-state index in [1.54, 1.807) is 17.5 Å². The average Bonchev–Trinajstić information content (AvgIpc) is 3.63. The Kier molecular flexibility index (Phi) is 5.35. The van der Waals surface area contributed by atoms with Crippen LogP contribution < -0.4 is 5.32 Å². The van der Waals surface area contributed by atoms with Crippen molar-refractivity contribution in [2.75, 3.05) is 5.32 Å². The number of allylic oxidation sites excluding steroid dienone is 1. The van der Waals surface area contributed by atoms with Gasteiger partial charge in [0.2, 0.25) is 0 Å². The summed E-state index contributed by atoms with van der Waals surface area (Å²) in [6.07, 6.45) is 9.34. The van der Waals surface area contributed by atoms with Crippen LogP contribution in [0.15, 0.2) is 78.8 Å². The number of aromatic nitrogens is 6. The third kappa shape index (κ3) is 3.98. The lowest BCUT2D eigenvalue weighted by Gasteiger charge is -2.09. The van der Waals surface area contributed by atoms with Gasteiger partial charge in [-0.3, -0.25) is 15.1 Å². The summed E-state index contributed by atoms with van der Waals surface area (Å²) < 4.78 is 0. The van der Waals surface area contributed by atoms with Crippen molar-refractivity contribution in [1.29, 1.82) is 0 Å². The van der Waals surface area contributed by atoms with Crippen molar-refractivity contribution in [2.45, 2.75) is 19.8 Å². The Bertz CT molecular complexity index is 1660. The van der Waals surface area contributed by atoms with Gasteiger partial charge in [-0.15, -0.1) is 11.3 Å². The van der Waals surface area contributed by atoms with Gasteiger partial charge < -0.3 is 10.3 Å². The smallest absolute Gasteiger partial charge is 0.135 e. The van der Waals surface area contributed by atoms with Crippen LogP contribution in [-0.2, 0) is 0 Å². The normalized spacial score (nSPS) is 11.3. The Hall–Kier alpha value is -4.30. The molecule has 6 aromatic heterocycles. The Balaban J connectivity index is 1.40. The van der Waals surface area contributed by atoms with Crippen LogP contribution >= 0.6 is 11.3 Å². The summed E-state index contributed by atoms with van der Waals surface area (Å²) in [5.41, 5.74) is 9.04. The summed E-state index contributed by atoms with van der Waals surface area (Å²) >= 11 is 1.70. The molecule has 172 valence electrons. The molecule has 0 aliphatic heterocycles. The Morgan fingerprint density at radius 2 is 1.97 bits per heavy atom. The first-order valence-electron chi connectivity index (χ1n) is 11.5. The van der Waals surface area contributed by atoms with Gasteiger partial charge in [-0.2, -0.15) is 5.10 Å². The molecule has 0 aliphatic carbocycles. The number of nitrogens with zero attached hydrogens (tertiary/aromatic N) is 4. The predicted molar refractivity (Wildman–Crippen MR) is 143 cm³/mol. The predicted octanol–water partition coefficient (Wildman–Crippen LogP) is 7.02. The van der Waals surface area contributed by atoms with Crippen LogP contribution in [0.2, 0.25) is 0 Å². The number of pyridine rings is 3. The second kappa shape index (κ2) is 8.81. The van der Waals surface area contributed by atoms with Crippen LogP contribution in [0.5, 0.6) is 0 Å². The van der Waals surface area contributed by atoms with Gasteiger partial charge in [0.25, 0.3) is 0 Å². The Labute approximate surface area is 206 Å². The fourth-order valence-electron chi connectivity index (χ4n) is 4.27. The first kappa shape index (κ1) is 21.2. The van der Waals surface area contributed by atoms with Crippen molar-refractivity contribution in [3.63, 3.8) is 0 Å². The van der Waals surface area contributed by atoms with E-state index in [0.717, 1.165) is 74.4 Å². The highest BCUT2D eigenvalue weighted by molar-refractivity contribution is 7.13. The summed E-state index contributed by atoms with van der Waals surface area (Å²) in [6, 6.07) is 12.3. The number of hydrogen-bond acceptors (Lipinski definition) is 6. The highest BCUT2D eigenvalue weighted by Crippen LogP contribution is 2.35. The molecule has 6 heterocycles. The van der Waals surface area contributed by atoms with E-state index < -0.39 is 0 Å². The maximum Gasteiger partial charge on any atom is 0.135 e. The van der Waals surface area contributed by atoms with Crippen molar-refractivity contribution in [3.8, 4) is 33.1 Å². The fraction of sp³-hybridized carbons (Fsp3) is 0.111. The molecule has 3 N–H and O–H groups in total. The summed E-state index contributed by atoms with van der Waals surface area (Å²) in [6.45, 7) is 6.22. The minimum absolute atomic E-state index is 0.772. The largest absolute Gasteiger partial charge is 0.358 e. The molecule has 0 fully saturated rings. The Morgan fingerprint density at radius 3 is 2.83 bits per heavy atom. The number of H-pyrrole nitrogens is 2. The molecule has 0 saturated heterocycles. The van der Waals surface area contributed by atoms with Gasteiger partial charge in [0, 0.05) is 39.5 Å². The van der Waals surface area contributed by atoms with Crippen LogP contribution in [0.1, 0.15) is 19.8 Å². The standard InChI is InChI=1S/C27H23N7S/c1-3-5-16(2)30-18-10-17(12-28-13-18)21-7-8-22-26(32-21)27(34-33-22)23-11-19-20(25-6-4-9-35-25)14-29-15-24(19)31-23/h4,6-15,30-31H,2-3,5H2,1H3,(H,33,34). The van der Waals surface area contributed by atoms with Crippen LogP contribution in [0.4, 0.5) is 5.69 Å². The lowest BCUT2D eigenvalue weighted by atomic mass is 10.1. The monoisotopic (exact) mass is 477 g/mol. The molecule has 6 aromatic rings. The van der Waals surface area contributed by atoms with Gasteiger partial charge in [-0.25, -0.2) is 4.98 Å². The van der Waals surface area contributed by atoms with Crippen LogP contribution in [0.3, 0.4) is 0 Å². The topological polar surface area (TPSA) is 95.2 Å². The van der Waals surface area contributed by atoms with Crippen molar-refractivity contribution in [2.24, 2.45) is 0 Å². The number of fused-ring (bicyclic) bond motifs is 2. The van der Waals surface area contributed by atoms with Crippen molar-refractivity contribution in [1.82, 2.24) is 30.1 Å². The maximum atomic E-state index is 4.96. The highest BCUT2D eigenvalue weighted by Gasteiger charge is 2.16. The van der Waals surface area contributed by atoms with Gasteiger partial charge in [0.05, 0.1) is 40.5 Å². The minimum Gasteiger partial charge on any atom is -0.358 e. The van der Waals surface area contributed by atoms with Crippen molar-refractivity contribution in [3.05, 3.63) is 78.8 Å². The van der Waals surface area contributed by atoms with E-state index in [2.05, 4.69) is 67.5 Å². The van der Waals surface area contributed by atoms with E-state index >= 15 is 0 Å². The molecular formula is C27H23N7S. The van der Waals surface area contributed by atoms with E-state index in [1.165, 1.54) is 4.88 Å². The molecule has 0 spiro atoms. The molecule has 0 aromatic carbocycles. The molecule has 0 bridgehead atoms. The van der Waals surface area contributed by atoms with Gasteiger partial charge in [0.1, 0.15) is 11.2 Å². The first-order valence-corrected chi connectivity index (χ1v) is 12.3. The van der Waals surface area contributed by atoms with Crippen LogP contribution in [0.25, 0.3) is 55.0 Å². The third-order valence-electron chi connectivity index (χ3n) is 5.90. The number of nitrogens with one attached hydrogen (secondary N) is 3. The summed E-state index contributed by atoms with van der Waals surface area (Å²) in [5, 5.41) is 14.2. The third-order valence-corrected chi connectivity index (χ3v) is 6.81. The van der Waals surface area contributed by atoms with Crippen molar-refractivity contribution >= 4 is 39.0 Å². The number of thiophene rings is 1. The van der Waals surface area contributed by atoms with Crippen molar-refractivity contribution < 1.29 is 0 Å². The molecule has 0 atom stereocenters. The van der Waals surface area contributed by atoms with E-state index in [9.17, 15) is 0 Å². The van der Waals surface area contributed by atoms with Gasteiger partial charge in [-0.05, 0) is 42.1 Å². The number of hydrogen-bond donors (Lipinski definition) is 3. The average molecular weight is 478 g/mol. The summed E-state index contributed by atoms with van der Waals surface area (Å²) in [4.78, 5) is 18.5. The minimum atomic E-state index is 0.772. The molecule has 6 rings (SSSR count). The van der Waals surface area contributed by atoms with E-state index in [1.807, 2.05) is 36.8 Å². The molecule has 35 heavy (non-hydrogen) atoms. The second-order valence-corrected chi connectivity index (χ2v) is 9.36. The SMILES string of the molecule is C=C(CCC)Nc1cncc(-c2ccc3[nH]nc(-c4cc5c(-c6cccs6)cncc5[nH]4)c3n2)c1. The van der Waals surface area contributed by atoms with E-state index in [0.29, 0.717) is 0 Å². The molecule has 8 heteroatoms. The quantitative estimate of drug-likeness (QED) is 0.230. The zero-order valence-corrected chi connectivity index (χ0v) is 20.0. The molecular weight excluding hydrogens is 454 g/mol. The molecule has 0 unspecified atom stereocenters. The van der Waals surface area contributed by atoms with Crippen LogP contribution in [0, 0.1) is 0 Å². The zero-order chi connectivity index (χ0) is 23.8. The second-order valence-electron chi connectivity index (χ2n) is 8.41. The molecule has 0 saturated carbocycles. The van der Waals surface area contributed by atoms with E-state index in [4.69, 9.17) is 4.98 Å². The molecule has 0 aliphatic rings.